The minimum Gasteiger partial charge on any atom is -0.449 e. The van der Waals surface area contributed by atoms with Crippen LogP contribution in [0.4, 0.5) is 16.2 Å². The number of aryl methyl sites for hydroxylation is 1. The van der Waals surface area contributed by atoms with Crippen molar-refractivity contribution in [2.45, 2.75) is 19.8 Å². The lowest BCUT2D eigenvalue weighted by molar-refractivity contribution is -0.116. The lowest BCUT2D eigenvalue weighted by atomic mass is 10.1. The molecule has 2 aromatic rings. The van der Waals surface area contributed by atoms with Gasteiger partial charge in [0.05, 0.1) is 6.61 Å². The highest BCUT2D eigenvalue weighted by atomic mass is 35.5. The van der Waals surface area contributed by atoms with Gasteiger partial charge in [0.25, 0.3) is 0 Å². The first-order valence-corrected chi connectivity index (χ1v) is 8.90. The number of nitrogens with zero attached hydrogens (tertiary/aromatic N) is 1. The highest BCUT2D eigenvalue weighted by Crippen LogP contribution is 2.22. The third-order valence-corrected chi connectivity index (χ3v) is 4.30. The van der Waals surface area contributed by atoms with Crippen LogP contribution >= 0.6 is 23.2 Å². The second-order valence-electron chi connectivity index (χ2n) is 5.59. The van der Waals surface area contributed by atoms with Gasteiger partial charge in [-0.05, 0) is 55.3 Å². The Hall–Kier alpha value is -2.24. The summed E-state index contributed by atoms with van der Waals surface area (Å²) in [6.45, 7) is 2.07. The molecule has 2 aromatic carbocycles. The van der Waals surface area contributed by atoms with E-state index in [2.05, 4.69) is 5.32 Å². The Balaban J connectivity index is 1.90. The van der Waals surface area contributed by atoms with Crippen molar-refractivity contribution in [1.82, 2.24) is 0 Å². The molecule has 26 heavy (non-hydrogen) atoms. The van der Waals surface area contributed by atoms with Crippen LogP contribution < -0.4 is 10.2 Å². The van der Waals surface area contributed by atoms with Crippen molar-refractivity contribution in [1.29, 1.82) is 0 Å². The molecule has 0 saturated carbocycles. The van der Waals surface area contributed by atoms with Crippen LogP contribution in [0.5, 0.6) is 0 Å². The topological polar surface area (TPSA) is 58.6 Å². The van der Waals surface area contributed by atoms with Gasteiger partial charge in [0.2, 0.25) is 5.91 Å². The molecule has 0 spiro atoms. The van der Waals surface area contributed by atoms with E-state index in [4.69, 9.17) is 27.9 Å². The van der Waals surface area contributed by atoms with Crippen molar-refractivity contribution in [2.75, 3.05) is 23.9 Å². The molecular weight excluding hydrogens is 375 g/mol. The number of amides is 2. The normalized spacial score (nSPS) is 10.3. The summed E-state index contributed by atoms with van der Waals surface area (Å²) in [5, 5.41) is 3.94. The van der Waals surface area contributed by atoms with Crippen LogP contribution in [-0.4, -0.2) is 25.7 Å². The number of hydrogen-bond acceptors (Lipinski definition) is 3. The summed E-state index contributed by atoms with van der Waals surface area (Å²) in [6.07, 6.45) is 0.390. The van der Waals surface area contributed by atoms with Crippen molar-refractivity contribution >= 4 is 46.6 Å². The summed E-state index contributed by atoms with van der Waals surface area (Å²) in [7, 11) is 1.63. The van der Waals surface area contributed by atoms with E-state index in [1.165, 1.54) is 4.90 Å². The number of nitrogens with one attached hydrogen (secondary N) is 1. The highest BCUT2D eigenvalue weighted by Gasteiger charge is 2.12. The fourth-order valence-electron chi connectivity index (χ4n) is 2.29. The predicted octanol–water partition coefficient (Wildman–Crippen LogP) is 5.16. The third-order valence-electron chi connectivity index (χ3n) is 3.72. The zero-order valence-corrected chi connectivity index (χ0v) is 16.1. The number of benzene rings is 2. The fraction of sp³-hybridized carbons (Fsp3) is 0.263. The van der Waals surface area contributed by atoms with Gasteiger partial charge in [0.1, 0.15) is 0 Å². The molecule has 2 rings (SSSR count). The van der Waals surface area contributed by atoms with Crippen LogP contribution in [0.2, 0.25) is 10.0 Å². The summed E-state index contributed by atoms with van der Waals surface area (Å²) in [5.74, 6) is -0.123. The number of carbonyl (C=O) groups is 2. The first-order valence-electron chi connectivity index (χ1n) is 8.15. The van der Waals surface area contributed by atoms with E-state index in [0.29, 0.717) is 40.9 Å². The molecule has 0 bridgehead atoms. The van der Waals surface area contributed by atoms with Crippen molar-refractivity contribution < 1.29 is 14.3 Å². The quantitative estimate of drug-likeness (QED) is 0.735. The fourth-order valence-corrected chi connectivity index (χ4v) is 2.79. The van der Waals surface area contributed by atoms with Gasteiger partial charge in [-0.2, -0.15) is 0 Å². The summed E-state index contributed by atoms with van der Waals surface area (Å²) in [5.41, 5.74) is 2.20. The molecule has 0 heterocycles. The zero-order valence-electron chi connectivity index (χ0n) is 14.6. The minimum atomic E-state index is -0.427. The Labute approximate surface area is 162 Å². The Kier molecular flexibility index (Phi) is 7.30. The molecule has 0 aliphatic rings. The molecule has 1 N–H and O–H groups in total. The monoisotopic (exact) mass is 394 g/mol. The van der Waals surface area contributed by atoms with Gasteiger partial charge in [-0.25, -0.2) is 4.79 Å². The number of ether oxygens (including phenoxy) is 1. The van der Waals surface area contributed by atoms with Gasteiger partial charge in [-0.15, -0.1) is 0 Å². The SMILES string of the molecule is CCOC(=O)N(C)c1ccc(NC(=O)CCc2ccc(Cl)cc2Cl)cc1. The molecule has 0 aromatic heterocycles. The molecule has 5 nitrogen and oxygen atoms in total. The van der Waals surface area contributed by atoms with Gasteiger partial charge < -0.3 is 10.1 Å². The van der Waals surface area contributed by atoms with E-state index in [1.54, 1.807) is 50.4 Å². The van der Waals surface area contributed by atoms with Gasteiger partial charge in [0, 0.05) is 34.9 Å². The Morgan fingerprint density at radius 2 is 1.81 bits per heavy atom. The molecule has 0 atom stereocenters. The molecule has 0 fully saturated rings. The van der Waals surface area contributed by atoms with Crippen LogP contribution in [0.1, 0.15) is 18.9 Å². The lowest BCUT2D eigenvalue weighted by Gasteiger charge is -2.17. The van der Waals surface area contributed by atoms with Crippen molar-refractivity contribution in [3.8, 4) is 0 Å². The van der Waals surface area contributed by atoms with Crippen LogP contribution in [0.3, 0.4) is 0 Å². The van der Waals surface area contributed by atoms with Gasteiger partial charge in [-0.1, -0.05) is 29.3 Å². The van der Waals surface area contributed by atoms with Crippen molar-refractivity contribution in [3.05, 3.63) is 58.1 Å². The van der Waals surface area contributed by atoms with E-state index < -0.39 is 6.09 Å². The average Bonchev–Trinajstić information content (AvgIpc) is 2.61. The maximum absolute atomic E-state index is 12.1. The number of anilines is 2. The smallest absolute Gasteiger partial charge is 0.413 e. The first-order chi connectivity index (χ1) is 12.4. The molecule has 2 amide bonds. The largest absolute Gasteiger partial charge is 0.449 e. The van der Waals surface area contributed by atoms with E-state index in [1.807, 2.05) is 6.07 Å². The summed E-state index contributed by atoms with van der Waals surface area (Å²) >= 11 is 12.0. The number of rotatable bonds is 6. The predicted molar refractivity (Wildman–Crippen MR) is 105 cm³/mol. The number of hydrogen-bond donors (Lipinski definition) is 1. The van der Waals surface area contributed by atoms with E-state index >= 15 is 0 Å². The summed E-state index contributed by atoms with van der Waals surface area (Å²) in [4.78, 5) is 25.2. The maximum Gasteiger partial charge on any atom is 0.413 e. The van der Waals surface area contributed by atoms with Gasteiger partial charge >= 0.3 is 6.09 Å². The van der Waals surface area contributed by atoms with E-state index in [9.17, 15) is 9.59 Å². The van der Waals surface area contributed by atoms with Crippen LogP contribution in [0, 0.1) is 0 Å². The Morgan fingerprint density at radius 3 is 2.42 bits per heavy atom. The Morgan fingerprint density at radius 1 is 1.12 bits per heavy atom. The zero-order chi connectivity index (χ0) is 19.1. The molecule has 0 aliphatic carbocycles. The number of carbonyl (C=O) groups excluding carboxylic acids is 2. The summed E-state index contributed by atoms with van der Waals surface area (Å²) < 4.78 is 4.94. The van der Waals surface area contributed by atoms with Crippen LogP contribution in [-0.2, 0) is 16.0 Å². The van der Waals surface area contributed by atoms with Crippen LogP contribution in [0.15, 0.2) is 42.5 Å². The van der Waals surface area contributed by atoms with Gasteiger partial charge in [0.15, 0.2) is 0 Å². The van der Waals surface area contributed by atoms with E-state index in [0.717, 1.165) is 5.56 Å². The minimum absolute atomic E-state index is 0.123. The first kappa shape index (κ1) is 20.1. The molecule has 138 valence electrons. The lowest BCUT2D eigenvalue weighted by Crippen LogP contribution is -2.26. The molecule has 0 saturated heterocycles. The highest BCUT2D eigenvalue weighted by molar-refractivity contribution is 6.35. The second-order valence-corrected chi connectivity index (χ2v) is 6.43. The molecule has 7 heteroatoms. The van der Waals surface area contributed by atoms with Crippen LogP contribution in [0.25, 0.3) is 0 Å². The van der Waals surface area contributed by atoms with Crippen molar-refractivity contribution in [3.63, 3.8) is 0 Å². The molecule has 0 unspecified atom stereocenters. The molecule has 0 radical (unpaired) electrons. The Bertz CT molecular complexity index is 779. The second kappa shape index (κ2) is 9.46. The third kappa shape index (κ3) is 5.64. The standard InChI is InChI=1S/C19H20Cl2N2O3/c1-3-26-19(25)23(2)16-9-7-15(8-10-16)22-18(24)11-5-13-4-6-14(20)12-17(13)21/h4,6-10,12H,3,5,11H2,1-2H3,(H,22,24). The maximum atomic E-state index is 12.1. The molecular formula is C19H20Cl2N2O3. The van der Waals surface area contributed by atoms with E-state index in [-0.39, 0.29) is 5.91 Å². The van der Waals surface area contributed by atoms with Crippen molar-refractivity contribution in [2.24, 2.45) is 0 Å². The number of halogens is 2. The van der Waals surface area contributed by atoms with Gasteiger partial charge in [-0.3, -0.25) is 9.69 Å². The molecule has 0 aliphatic heterocycles. The summed E-state index contributed by atoms with van der Waals surface area (Å²) in [6, 6.07) is 12.2. The average molecular weight is 395 g/mol.